The fraction of sp³-hybridized carbons (Fsp3) is 0.919. The van der Waals surface area contributed by atoms with Crippen molar-refractivity contribution in [3.8, 4) is 0 Å². The third kappa shape index (κ3) is 19.2. The van der Waals surface area contributed by atoms with Crippen LogP contribution in [0.3, 0.4) is 0 Å². The minimum Gasteiger partial charge on any atom is -0.396 e. The molecule has 20 heteroatoms. The van der Waals surface area contributed by atoms with Crippen LogP contribution in [-0.4, -0.2) is 191 Å². The SMILES string of the molecule is COCC(CO)CCCCNC(=O)C[C@H](CCCCNC(=O)CCCCO[C@@H]1OC(CO)[C@@H](O)[C@H](O)C1O)NC(=O)CCCCO[C@@H]1OC(CO)[C@@H](O)[C@H](O)C1O. The molecule has 3 amide bonds. The Morgan fingerprint density at radius 1 is 0.596 bits per heavy atom. The summed E-state index contributed by atoms with van der Waals surface area (Å²) in [5, 5.41) is 96.5. The van der Waals surface area contributed by atoms with Crippen molar-refractivity contribution in [1.82, 2.24) is 16.0 Å². The Labute approximate surface area is 334 Å². The van der Waals surface area contributed by atoms with Crippen molar-refractivity contribution in [3.63, 3.8) is 0 Å². The molecule has 2 fully saturated rings. The lowest BCUT2D eigenvalue weighted by molar-refractivity contribution is -0.301. The summed E-state index contributed by atoms with van der Waals surface area (Å²) in [6, 6.07) is -0.456. The predicted octanol–water partition coefficient (Wildman–Crippen LogP) is -3.34. The van der Waals surface area contributed by atoms with E-state index < -0.39 is 80.7 Å². The van der Waals surface area contributed by atoms with Crippen molar-refractivity contribution in [2.75, 3.05) is 59.8 Å². The first-order valence-electron chi connectivity index (χ1n) is 20.1. The monoisotopic (exact) mass is 827 g/mol. The fourth-order valence-corrected chi connectivity index (χ4v) is 6.49. The summed E-state index contributed by atoms with van der Waals surface area (Å²) in [5.74, 6) is -0.609. The standard InChI is InChI=1S/C37H69N3O17/c1-53-22-23(19-41)10-2-6-15-39-29(46)18-24(40-28(45)13-5-9-17-55-37-35(52)33(50)31(48)26(21-43)57-37)11-3-7-14-38-27(44)12-4-8-16-54-36-34(51)32(49)30(47)25(20-42)56-36/h23-26,30-37,41-43,47-52H,2-22H2,1H3,(H,38,44)(H,39,46)(H,40,45)/t23?,24-,25?,26?,30+,31+,32-,33-,34?,35?,36+,37+/m0/s1. The molecule has 0 aromatic carbocycles. The average molecular weight is 828 g/mol. The van der Waals surface area contributed by atoms with Crippen molar-refractivity contribution >= 4 is 17.7 Å². The van der Waals surface area contributed by atoms with E-state index in [0.29, 0.717) is 64.6 Å². The smallest absolute Gasteiger partial charge is 0.222 e. The maximum absolute atomic E-state index is 12.9. The van der Waals surface area contributed by atoms with Gasteiger partial charge in [0.25, 0.3) is 0 Å². The molecule has 5 unspecified atom stereocenters. The number of ether oxygens (including phenoxy) is 5. The van der Waals surface area contributed by atoms with Crippen LogP contribution in [0.15, 0.2) is 0 Å². The molecule has 334 valence electrons. The Morgan fingerprint density at radius 2 is 1.09 bits per heavy atom. The first kappa shape index (κ1) is 51.0. The highest BCUT2D eigenvalue weighted by atomic mass is 16.7. The average Bonchev–Trinajstić information content (AvgIpc) is 3.19. The maximum atomic E-state index is 12.9. The Morgan fingerprint density at radius 3 is 1.58 bits per heavy atom. The van der Waals surface area contributed by atoms with E-state index in [1.165, 1.54) is 0 Å². The summed E-state index contributed by atoms with van der Waals surface area (Å²) < 4.78 is 26.6. The molecule has 0 saturated carbocycles. The number of amides is 3. The number of hydrogen-bond donors (Lipinski definition) is 12. The van der Waals surface area contributed by atoms with E-state index in [1.54, 1.807) is 7.11 Å². The van der Waals surface area contributed by atoms with Crippen LogP contribution in [0.5, 0.6) is 0 Å². The highest BCUT2D eigenvalue weighted by molar-refractivity contribution is 5.79. The van der Waals surface area contributed by atoms with Crippen molar-refractivity contribution < 1.29 is 84.0 Å². The Bertz CT molecular complexity index is 1110. The normalized spacial score (nSPS) is 28.7. The number of aliphatic hydroxyl groups is 9. The molecule has 12 atom stereocenters. The van der Waals surface area contributed by atoms with Crippen molar-refractivity contribution in [3.05, 3.63) is 0 Å². The van der Waals surface area contributed by atoms with Crippen LogP contribution < -0.4 is 16.0 Å². The number of aliphatic hydroxyl groups excluding tert-OH is 9. The van der Waals surface area contributed by atoms with E-state index >= 15 is 0 Å². The molecule has 0 bridgehead atoms. The summed E-state index contributed by atoms with van der Waals surface area (Å²) in [6.07, 6.45) is -7.54. The fourth-order valence-electron chi connectivity index (χ4n) is 6.49. The summed E-state index contributed by atoms with van der Waals surface area (Å²) >= 11 is 0. The second kappa shape index (κ2) is 29.1. The van der Waals surface area contributed by atoms with Gasteiger partial charge in [0.05, 0.1) is 19.8 Å². The quantitative estimate of drug-likeness (QED) is 0.0315. The third-order valence-electron chi connectivity index (χ3n) is 9.98. The number of unbranched alkanes of at least 4 members (excludes halogenated alkanes) is 4. The van der Waals surface area contributed by atoms with Gasteiger partial charge in [0.15, 0.2) is 12.6 Å². The van der Waals surface area contributed by atoms with E-state index in [-0.39, 0.29) is 62.7 Å². The molecule has 2 heterocycles. The molecule has 0 radical (unpaired) electrons. The number of hydrogen-bond acceptors (Lipinski definition) is 17. The topological polar surface area (TPSA) is 316 Å². The molecule has 12 N–H and O–H groups in total. The molecule has 20 nitrogen and oxygen atoms in total. The second-order valence-electron chi connectivity index (χ2n) is 14.7. The molecule has 2 rings (SSSR count). The minimum absolute atomic E-state index is 0.0309. The summed E-state index contributed by atoms with van der Waals surface area (Å²) in [4.78, 5) is 38.0. The van der Waals surface area contributed by atoms with Gasteiger partial charge >= 0.3 is 0 Å². The molecule has 0 aromatic heterocycles. The van der Waals surface area contributed by atoms with Gasteiger partial charge < -0.3 is 85.6 Å². The number of carbonyl (C=O) groups excluding carboxylic acids is 3. The van der Waals surface area contributed by atoms with Gasteiger partial charge in [0, 0.05) is 71.2 Å². The second-order valence-corrected chi connectivity index (χ2v) is 14.7. The van der Waals surface area contributed by atoms with Crippen LogP contribution in [-0.2, 0) is 38.1 Å². The van der Waals surface area contributed by atoms with Gasteiger partial charge in [-0.3, -0.25) is 14.4 Å². The van der Waals surface area contributed by atoms with Crippen LogP contribution in [0.25, 0.3) is 0 Å². The first-order chi connectivity index (χ1) is 27.4. The van der Waals surface area contributed by atoms with Crippen LogP contribution in [0, 0.1) is 5.92 Å². The summed E-state index contributed by atoms with van der Waals surface area (Å²) in [5.41, 5.74) is 0. The van der Waals surface area contributed by atoms with Gasteiger partial charge in [-0.25, -0.2) is 0 Å². The Hall–Kier alpha value is -2.15. The van der Waals surface area contributed by atoms with E-state index in [0.717, 1.165) is 19.3 Å². The van der Waals surface area contributed by atoms with Crippen LogP contribution in [0.4, 0.5) is 0 Å². The number of nitrogens with one attached hydrogen (secondary N) is 3. The predicted molar refractivity (Wildman–Crippen MR) is 200 cm³/mol. The molecular formula is C37H69N3O17. The Balaban J connectivity index is 1.72. The molecule has 57 heavy (non-hydrogen) atoms. The molecule has 2 aliphatic rings. The van der Waals surface area contributed by atoms with E-state index in [9.17, 15) is 60.3 Å². The third-order valence-corrected chi connectivity index (χ3v) is 9.98. The molecule has 0 spiro atoms. The van der Waals surface area contributed by atoms with E-state index in [4.69, 9.17) is 23.7 Å². The van der Waals surface area contributed by atoms with Crippen LogP contribution >= 0.6 is 0 Å². The number of rotatable bonds is 30. The highest BCUT2D eigenvalue weighted by Crippen LogP contribution is 2.23. The van der Waals surface area contributed by atoms with Crippen molar-refractivity contribution in [1.29, 1.82) is 0 Å². The van der Waals surface area contributed by atoms with Gasteiger partial charge in [-0.1, -0.05) is 6.42 Å². The van der Waals surface area contributed by atoms with E-state index in [1.807, 2.05) is 0 Å². The molecule has 0 aromatic rings. The maximum Gasteiger partial charge on any atom is 0.222 e. The zero-order valence-corrected chi connectivity index (χ0v) is 33.1. The first-order valence-corrected chi connectivity index (χ1v) is 20.1. The van der Waals surface area contributed by atoms with Crippen LogP contribution in [0.1, 0.15) is 83.5 Å². The van der Waals surface area contributed by atoms with E-state index in [2.05, 4.69) is 16.0 Å². The Kier molecular flexibility index (Phi) is 26.1. The molecule has 2 saturated heterocycles. The summed E-state index contributed by atoms with van der Waals surface area (Å²) in [7, 11) is 1.58. The lowest BCUT2D eigenvalue weighted by Crippen LogP contribution is -2.59. The lowest BCUT2D eigenvalue weighted by atomic mass is 9.99. The van der Waals surface area contributed by atoms with Gasteiger partial charge in [-0.2, -0.15) is 0 Å². The van der Waals surface area contributed by atoms with Gasteiger partial charge in [-0.15, -0.1) is 0 Å². The lowest BCUT2D eigenvalue weighted by Gasteiger charge is -2.39. The molecule has 0 aliphatic carbocycles. The number of carbonyl (C=O) groups is 3. The van der Waals surface area contributed by atoms with Gasteiger partial charge in [0.1, 0.15) is 48.8 Å². The zero-order valence-electron chi connectivity index (χ0n) is 33.1. The summed E-state index contributed by atoms with van der Waals surface area (Å²) in [6.45, 7) is 0.395. The number of methoxy groups -OCH3 is 1. The van der Waals surface area contributed by atoms with Gasteiger partial charge in [-0.05, 0) is 57.8 Å². The molecule has 2 aliphatic heterocycles. The van der Waals surface area contributed by atoms with Crippen molar-refractivity contribution in [2.24, 2.45) is 5.92 Å². The highest BCUT2D eigenvalue weighted by Gasteiger charge is 2.45. The zero-order chi connectivity index (χ0) is 42.2. The van der Waals surface area contributed by atoms with Gasteiger partial charge in [0.2, 0.25) is 17.7 Å². The van der Waals surface area contributed by atoms with Crippen LogP contribution in [0.2, 0.25) is 0 Å². The minimum atomic E-state index is -1.55. The molecular weight excluding hydrogens is 758 g/mol. The van der Waals surface area contributed by atoms with Crippen molar-refractivity contribution in [2.45, 2.75) is 151 Å². The largest absolute Gasteiger partial charge is 0.396 e.